The normalized spacial score (nSPS) is 17.8. The van der Waals surface area contributed by atoms with Crippen LogP contribution in [0.1, 0.15) is 54.7 Å². The summed E-state index contributed by atoms with van der Waals surface area (Å²) in [6.07, 6.45) is 3.65. The first-order chi connectivity index (χ1) is 17.3. The lowest BCUT2D eigenvalue weighted by molar-refractivity contribution is -0.00391. The van der Waals surface area contributed by atoms with Crippen LogP contribution < -0.4 is 15.1 Å². The van der Waals surface area contributed by atoms with E-state index in [1.54, 1.807) is 35.3 Å². The number of aromatic nitrogens is 5. The van der Waals surface area contributed by atoms with Crippen LogP contribution in [0, 0.1) is 0 Å². The highest BCUT2D eigenvalue weighted by atomic mass is 19.3. The van der Waals surface area contributed by atoms with Crippen molar-refractivity contribution in [1.29, 1.82) is 0 Å². The van der Waals surface area contributed by atoms with Crippen molar-refractivity contribution in [3.8, 4) is 11.5 Å². The minimum atomic E-state index is -2.86. The molecule has 36 heavy (non-hydrogen) atoms. The first kappa shape index (κ1) is 24.2. The number of pyridine rings is 2. The number of anilines is 2. The highest BCUT2D eigenvalue weighted by molar-refractivity contribution is 6.10. The molecule has 5 heterocycles. The van der Waals surface area contributed by atoms with Crippen LogP contribution in [0.3, 0.4) is 0 Å². The van der Waals surface area contributed by atoms with Crippen molar-refractivity contribution in [1.82, 2.24) is 30.0 Å². The Morgan fingerprint density at radius 3 is 2.81 bits per heavy atom. The van der Waals surface area contributed by atoms with Gasteiger partial charge in [0.2, 0.25) is 0 Å². The van der Waals surface area contributed by atoms with Crippen molar-refractivity contribution in [2.75, 3.05) is 23.4 Å². The highest BCUT2D eigenvalue weighted by Crippen LogP contribution is 2.37. The van der Waals surface area contributed by atoms with Gasteiger partial charge < -0.3 is 14.8 Å². The van der Waals surface area contributed by atoms with Crippen molar-refractivity contribution in [2.24, 2.45) is 0 Å². The molecule has 0 spiro atoms. The number of halogens is 2. The molecule has 11 heteroatoms. The van der Waals surface area contributed by atoms with E-state index in [1.165, 1.54) is 0 Å². The molecule has 0 unspecified atom stereocenters. The van der Waals surface area contributed by atoms with E-state index in [9.17, 15) is 13.6 Å². The minimum absolute atomic E-state index is 0.218. The summed E-state index contributed by atoms with van der Waals surface area (Å²) in [5, 5.41) is 11.3. The van der Waals surface area contributed by atoms with Gasteiger partial charge >= 0.3 is 0 Å². The molecule has 190 valence electrons. The largest absolute Gasteiger partial charge is 0.348 e. The van der Waals surface area contributed by atoms with Gasteiger partial charge in [-0.3, -0.25) is 9.69 Å². The van der Waals surface area contributed by atoms with Gasteiger partial charge in [-0.2, -0.15) is 0 Å². The van der Waals surface area contributed by atoms with E-state index < -0.39 is 12.0 Å². The van der Waals surface area contributed by atoms with E-state index in [1.807, 2.05) is 16.7 Å². The average molecular weight is 497 g/mol. The lowest BCUT2D eigenvalue weighted by Gasteiger charge is -2.30. The van der Waals surface area contributed by atoms with Crippen molar-refractivity contribution in [3.05, 3.63) is 47.4 Å². The van der Waals surface area contributed by atoms with Crippen LogP contribution in [0.25, 0.3) is 11.5 Å². The Labute approximate surface area is 208 Å². The van der Waals surface area contributed by atoms with Crippen LogP contribution >= 0.6 is 0 Å². The Morgan fingerprint density at radius 1 is 1.22 bits per heavy atom. The first-order valence-electron chi connectivity index (χ1n) is 12.3. The fraction of sp³-hybridized carbons (Fsp3) is 0.480. The Kier molecular flexibility index (Phi) is 6.42. The molecule has 3 aromatic heterocycles. The van der Waals surface area contributed by atoms with Gasteiger partial charge in [-0.05, 0) is 44.5 Å². The van der Waals surface area contributed by atoms with Crippen molar-refractivity contribution in [3.63, 3.8) is 0 Å². The lowest BCUT2D eigenvalue weighted by atomic mass is 10.1. The third kappa shape index (κ3) is 4.32. The molecule has 9 nitrogen and oxygen atoms in total. The van der Waals surface area contributed by atoms with Crippen LogP contribution in [0.5, 0.6) is 0 Å². The second-order valence-electron chi connectivity index (χ2n) is 9.41. The molecule has 1 amide bonds. The van der Waals surface area contributed by atoms with E-state index in [0.29, 0.717) is 66.9 Å². The number of carbonyl (C=O) groups excluding carboxylic acids is 1. The zero-order valence-electron chi connectivity index (χ0n) is 20.7. The number of nitrogens with zero attached hydrogens (tertiary/aromatic N) is 7. The molecule has 2 aliphatic rings. The molecule has 3 aromatic rings. The number of aryl methyl sites for hydroxylation is 1. The number of nitrogens with one attached hydrogen (secondary N) is 1. The topological polar surface area (TPSA) is 92.1 Å². The predicted molar refractivity (Wildman–Crippen MR) is 132 cm³/mol. The number of alkyl halides is 2. The second kappa shape index (κ2) is 9.53. The van der Waals surface area contributed by atoms with Gasteiger partial charge in [0, 0.05) is 32.1 Å². The first-order valence-corrected chi connectivity index (χ1v) is 12.3. The summed E-state index contributed by atoms with van der Waals surface area (Å²) < 4.78 is 30.5. The van der Waals surface area contributed by atoms with Crippen molar-refractivity contribution in [2.45, 2.75) is 64.7 Å². The maximum absolute atomic E-state index is 14.3. The minimum Gasteiger partial charge on any atom is -0.348 e. The van der Waals surface area contributed by atoms with E-state index in [-0.39, 0.29) is 5.91 Å². The third-order valence-corrected chi connectivity index (χ3v) is 6.78. The molecule has 1 N–H and O–H groups in total. The summed E-state index contributed by atoms with van der Waals surface area (Å²) >= 11 is 0. The summed E-state index contributed by atoms with van der Waals surface area (Å²) in [4.78, 5) is 26.3. The van der Waals surface area contributed by atoms with Crippen molar-refractivity contribution >= 4 is 17.5 Å². The SMILES string of the molecule is CCCn1cnnc1-c1cccc(N2Cc3c(cc(N4CCC[C@@H]4C(C)(F)F)nc3CNC)C2=O)n1. The van der Waals surface area contributed by atoms with E-state index in [4.69, 9.17) is 9.97 Å². The molecule has 0 aliphatic carbocycles. The van der Waals surface area contributed by atoms with Crippen LogP contribution in [0.4, 0.5) is 20.4 Å². The Balaban J connectivity index is 1.50. The number of hydrogen-bond donors (Lipinski definition) is 1. The fourth-order valence-corrected chi connectivity index (χ4v) is 5.12. The highest BCUT2D eigenvalue weighted by Gasteiger charge is 2.43. The maximum Gasteiger partial charge on any atom is 0.265 e. The lowest BCUT2D eigenvalue weighted by Crippen LogP contribution is -2.42. The Morgan fingerprint density at radius 2 is 2.06 bits per heavy atom. The summed E-state index contributed by atoms with van der Waals surface area (Å²) in [7, 11) is 1.80. The fourth-order valence-electron chi connectivity index (χ4n) is 5.12. The van der Waals surface area contributed by atoms with Crippen LogP contribution in [0.15, 0.2) is 30.6 Å². The monoisotopic (exact) mass is 496 g/mol. The summed E-state index contributed by atoms with van der Waals surface area (Å²) in [6.45, 7) is 5.00. The summed E-state index contributed by atoms with van der Waals surface area (Å²) in [5.41, 5.74) is 2.58. The number of rotatable bonds is 8. The second-order valence-corrected chi connectivity index (χ2v) is 9.41. The zero-order chi connectivity index (χ0) is 25.4. The summed E-state index contributed by atoms with van der Waals surface area (Å²) in [6, 6.07) is 6.21. The molecule has 2 aliphatic heterocycles. The molecule has 1 fully saturated rings. The molecule has 5 rings (SSSR count). The van der Waals surface area contributed by atoms with Crippen LogP contribution in [-0.2, 0) is 19.6 Å². The molecular weight excluding hydrogens is 466 g/mol. The molecular formula is C25H30F2N8O. The Bertz CT molecular complexity index is 1270. The predicted octanol–water partition coefficient (Wildman–Crippen LogP) is 3.65. The molecule has 1 atom stereocenters. The molecule has 0 aromatic carbocycles. The number of fused-ring (bicyclic) bond motifs is 1. The maximum atomic E-state index is 14.3. The van der Waals surface area contributed by atoms with Gasteiger partial charge in [-0.1, -0.05) is 13.0 Å². The number of amides is 1. The summed E-state index contributed by atoms with van der Waals surface area (Å²) in [5.74, 6) is -1.52. The molecule has 0 bridgehead atoms. The van der Waals surface area contributed by atoms with Gasteiger partial charge in [-0.15, -0.1) is 10.2 Å². The quantitative estimate of drug-likeness (QED) is 0.509. The van der Waals surface area contributed by atoms with Crippen molar-refractivity contribution < 1.29 is 13.6 Å². The molecule has 1 saturated heterocycles. The van der Waals surface area contributed by atoms with Gasteiger partial charge in [0.15, 0.2) is 5.82 Å². The third-order valence-electron chi connectivity index (χ3n) is 6.78. The van der Waals surface area contributed by atoms with Gasteiger partial charge in [0.1, 0.15) is 23.7 Å². The standard InChI is InChI=1S/C25H30F2N8O/c1-4-10-33-15-29-32-23(33)18-7-5-9-21(30-18)35-14-17-16(24(35)36)12-22(31-19(17)13-28-3)34-11-6-8-20(34)25(2,26)27/h5,7,9,12,15,20,28H,4,6,8,10-11,13-14H2,1-3H3/t20-/m1/s1. The molecule has 0 saturated carbocycles. The average Bonchev–Trinajstić information content (AvgIpc) is 3.59. The van der Waals surface area contributed by atoms with Gasteiger partial charge in [0.05, 0.1) is 23.8 Å². The zero-order valence-corrected chi connectivity index (χ0v) is 20.7. The van der Waals surface area contributed by atoms with Gasteiger partial charge in [0.25, 0.3) is 11.8 Å². The van der Waals surface area contributed by atoms with E-state index in [2.05, 4.69) is 22.4 Å². The number of carbonyl (C=O) groups is 1. The van der Waals surface area contributed by atoms with Gasteiger partial charge in [-0.25, -0.2) is 18.7 Å². The number of hydrogen-bond acceptors (Lipinski definition) is 7. The van der Waals surface area contributed by atoms with E-state index >= 15 is 0 Å². The van der Waals surface area contributed by atoms with Crippen LogP contribution in [-0.4, -0.2) is 56.2 Å². The molecule has 0 radical (unpaired) electrons. The Hall–Kier alpha value is -3.47. The van der Waals surface area contributed by atoms with E-state index in [0.717, 1.165) is 25.5 Å². The smallest absolute Gasteiger partial charge is 0.265 e. The van der Waals surface area contributed by atoms with Crippen LogP contribution in [0.2, 0.25) is 0 Å².